The van der Waals surface area contributed by atoms with Gasteiger partial charge in [0.05, 0.1) is 19.8 Å². The number of hydrogen-bond donors (Lipinski definition) is 1. The van der Waals surface area contributed by atoms with Gasteiger partial charge < -0.3 is 14.8 Å². The quantitative estimate of drug-likeness (QED) is 0.828. The van der Waals surface area contributed by atoms with E-state index in [0.717, 1.165) is 45.1 Å². The van der Waals surface area contributed by atoms with Crippen molar-refractivity contribution in [1.29, 1.82) is 0 Å². The monoisotopic (exact) mass is 278 g/mol. The molecule has 1 saturated heterocycles. The molecule has 20 heavy (non-hydrogen) atoms. The molecule has 1 heterocycles. The summed E-state index contributed by atoms with van der Waals surface area (Å²) in [4.78, 5) is 2.46. The first-order chi connectivity index (χ1) is 9.85. The molecule has 0 spiro atoms. The summed E-state index contributed by atoms with van der Waals surface area (Å²) in [6, 6.07) is 8.65. The van der Waals surface area contributed by atoms with Crippen LogP contribution in [0.4, 0.5) is 0 Å². The third-order valence-corrected chi connectivity index (χ3v) is 3.59. The summed E-state index contributed by atoms with van der Waals surface area (Å²) < 4.78 is 11.2. The van der Waals surface area contributed by atoms with E-state index in [4.69, 9.17) is 9.47 Å². The number of rotatable bonds is 7. The molecule has 1 aliphatic heterocycles. The molecule has 4 heteroatoms. The van der Waals surface area contributed by atoms with E-state index in [1.807, 2.05) is 13.0 Å². The normalized spacial score (nSPS) is 17.9. The topological polar surface area (TPSA) is 33.7 Å². The summed E-state index contributed by atoms with van der Waals surface area (Å²) in [7, 11) is 0. The Kier molecular flexibility index (Phi) is 6.30. The smallest absolute Gasteiger partial charge is 0.124 e. The van der Waals surface area contributed by atoms with Gasteiger partial charge in [0, 0.05) is 31.2 Å². The molecule has 1 N–H and O–H groups in total. The summed E-state index contributed by atoms with van der Waals surface area (Å²) in [6.45, 7) is 10.5. The predicted molar refractivity (Wildman–Crippen MR) is 81.3 cm³/mol. The van der Waals surface area contributed by atoms with Crippen LogP contribution in [0.3, 0.4) is 0 Å². The van der Waals surface area contributed by atoms with Crippen molar-refractivity contribution in [2.75, 3.05) is 46.0 Å². The third-order valence-electron chi connectivity index (χ3n) is 3.59. The van der Waals surface area contributed by atoms with Crippen LogP contribution in [0.1, 0.15) is 25.5 Å². The van der Waals surface area contributed by atoms with Gasteiger partial charge in [-0.2, -0.15) is 0 Å². The van der Waals surface area contributed by atoms with E-state index in [1.165, 1.54) is 5.56 Å². The van der Waals surface area contributed by atoms with Crippen molar-refractivity contribution in [3.63, 3.8) is 0 Å². The number of benzene rings is 1. The number of nitrogens with one attached hydrogen (secondary N) is 1. The number of nitrogens with zero attached hydrogens (tertiary/aromatic N) is 1. The lowest BCUT2D eigenvalue weighted by Gasteiger charge is -2.31. The van der Waals surface area contributed by atoms with Crippen LogP contribution in [0.5, 0.6) is 5.75 Å². The SMILES string of the molecule is CCNC(CN1CCOCC1)c1ccccc1OCC. The first kappa shape index (κ1) is 15.3. The van der Waals surface area contributed by atoms with Gasteiger partial charge in [-0.25, -0.2) is 0 Å². The number of para-hydroxylation sites is 1. The molecule has 4 nitrogen and oxygen atoms in total. The maximum absolute atomic E-state index is 5.77. The van der Waals surface area contributed by atoms with Crippen LogP contribution in [0.15, 0.2) is 24.3 Å². The molecule has 2 rings (SSSR count). The maximum atomic E-state index is 5.77. The van der Waals surface area contributed by atoms with Gasteiger partial charge >= 0.3 is 0 Å². The Labute approximate surface area is 122 Å². The summed E-state index contributed by atoms with van der Waals surface area (Å²) in [5.41, 5.74) is 1.25. The van der Waals surface area contributed by atoms with Crippen molar-refractivity contribution in [3.8, 4) is 5.75 Å². The molecule has 0 aliphatic carbocycles. The van der Waals surface area contributed by atoms with Gasteiger partial charge in [-0.3, -0.25) is 4.90 Å². The van der Waals surface area contributed by atoms with Crippen LogP contribution >= 0.6 is 0 Å². The molecule has 1 unspecified atom stereocenters. The van der Waals surface area contributed by atoms with Crippen LogP contribution in [0.25, 0.3) is 0 Å². The van der Waals surface area contributed by atoms with Crippen molar-refractivity contribution in [1.82, 2.24) is 10.2 Å². The summed E-state index contributed by atoms with van der Waals surface area (Å²) in [6.07, 6.45) is 0. The Balaban J connectivity index is 2.10. The fourth-order valence-corrected chi connectivity index (χ4v) is 2.62. The molecular weight excluding hydrogens is 252 g/mol. The second kappa shape index (κ2) is 8.25. The molecule has 1 atom stereocenters. The minimum atomic E-state index is 0.306. The van der Waals surface area contributed by atoms with E-state index in [1.54, 1.807) is 0 Å². The Morgan fingerprint density at radius 1 is 1.25 bits per heavy atom. The van der Waals surface area contributed by atoms with Crippen LogP contribution in [0.2, 0.25) is 0 Å². The molecule has 112 valence electrons. The lowest BCUT2D eigenvalue weighted by Crippen LogP contribution is -2.42. The lowest BCUT2D eigenvalue weighted by molar-refractivity contribution is 0.0334. The molecule has 0 aromatic heterocycles. The summed E-state index contributed by atoms with van der Waals surface area (Å²) >= 11 is 0. The Bertz CT molecular complexity index is 392. The van der Waals surface area contributed by atoms with Crippen LogP contribution in [-0.2, 0) is 4.74 Å². The third kappa shape index (κ3) is 4.20. The minimum absolute atomic E-state index is 0.306. The fraction of sp³-hybridized carbons (Fsp3) is 0.625. The molecule has 1 aliphatic rings. The summed E-state index contributed by atoms with van der Waals surface area (Å²) in [5.74, 6) is 0.995. The van der Waals surface area contributed by atoms with Crippen molar-refractivity contribution in [2.24, 2.45) is 0 Å². The average Bonchev–Trinajstić information content (AvgIpc) is 2.49. The second-order valence-corrected chi connectivity index (χ2v) is 4.99. The maximum Gasteiger partial charge on any atom is 0.124 e. The van der Waals surface area contributed by atoms with Crippen LogP contribution in [-0.4, -0.2) is 50.9 Å². The van der Waals surface area contributed by atoms with E-state index in [9.17, 15) is 0 Å². The lowest BCUT2D eigenvalue weighted by atomic mass is 10.0. The molecule has 0 radical (unpaired) electrons. The number of ether oxygens (including phenoxy) is 2. The number of likely N-dealkylation sites (N-methyl/N-ethyl adjacent to an activating group) is 1. The minimum Gasteiger partial charge on any atom is -0.494 e. The van der Waals surface area contributed by atoms with Gasteiger partial charge in [-0.1, -0.05) is 25.1 Å². The molecule has 0 bridgehead atoms. The predicted octanol–water partition coefficient (Wildman–Crippen LogP) is 2.07. The van der Waals surface area contributed by atoms with E-state index in [2.05, 4.69) is 35.3 Å². The molecular formula is C16H26N2O2. The molecule has 1 aromatic rings. The fourth-order valence-electron chi connectivity index (χ4n) is 2.62. The van der Waals surface area contributed by atoms with Crippen LogP contribution < -0.4 is 10.1 Å². The Hall–Kier alpha value is -1.10. The number of morpholine rings is 1. The largest absolute Gasteiger partial charge is 0.494 e. The first-order valence-electron chi connectivity index (χ1n) is 7.60. The Morgan fingerprint density at radius 2 is 2.00 bits per heavy atom. The zero-order valence-electron chi connectivity index (χ0n) is 12.6. The highest BCUT2D eigenvalue weighted by Crippen LogP contribution is 2.26. The van der Waals surface area contributed by atoms with Gasteiger partial charge in [-0.05, 0) is 19.5 Å². The molecule has 0 saturated carbocycles. The molecule has 1 fully saturated rings. The van der Waals surface area contributed by atoms with Gasteiger partial charge in [0.15, 0.2) is 0 Å². The van der Waals surface area contributed by atoms with E-state index >= 15 is 0 Å². The van der Waals surface area contributed by atoms with Gasteiger partial charge in [0.2, 0.25) is 0 Å². The summed E-state index contributed by atoms with van der Waals surface area (Å²) in [5, 5.41) is 3.58. The number of hydrogen-bond acceptors (Lipinski definition) is 4. The second-order valence-electron chi connectivity index (χ2n) is 4.99. The molecule has 1 aromatic carbocycles. The average molecular weight is 278 g/mol. The van der Waals surface area contributed by atoms with Crippen LogP contribution in [0, 0.1) is 0 Å². The van der Waals surface area contributed by atoms with Crippen molar-refractivity contribution >= 4 is 0 Å². The first-order valence-corrected chi connectivity index (χ1v) is 7.60. The highest BCUT2D eigenvalue weighted by Gasteiger charge is 2.20. The Morgan fingerprint density at radius 3 is 2.70 bits per heavy atom. The molecule has 0 amide bonds. The van der Waals surface area contributed by atoms with Gasteiger partial charge in [0.25, 0.3) is 0 Å². The van der Waals surface area contributed by atoms with E-state index < -0.39 is 0 Å². The van der Waals surface area contributed by atoms with E-state index in [-0.39, 0.29) is 0 Å². The van der Waals surface area contributed by atoms with Crippen molar-refractivity contribution in [3.05, 3.63) is 29.8 Å². The zero-order valence-corrected chi connectivity index (χ0v) is 12.6. The standard InChI is InChI=1S/C16H26N2O2/c1-3-17-15(13-18-9-11-19-12-10-18)14-7-5-6-8-16(14)20-4-2/h5-8,15,17H,3-4,9-13H2,1-2H3. The highest BCUT2D eigenvalue weighted by atomic mass is 16.5. The van der Waals surface area contributed by atoms with Gasteiger partial charge in [0.1, 0.15) is 5.75 Å². The van der Waals surface area contributed by atoms with E-state index in [0.29, 0.717) is 12.6 Å². The van der Waals surface area contributed by atoms with Gasteiger partial charge in [-0.15, -0.1) is 0 Å². The highest BCUT2D eigenvalue weighted by molar-refractivity contribution is 5.36. The zero-order chi connectivity index (χ0) is 14.2. The van der Waals surface area contributed by atoms with Crippen molar-refractivity contribution < 1.29 is 9.47 Å². The van der Waals surface area contributed by atoms with Crippen molar-refractivity contribution in [2.45, 2.75) is 19.9 Å².